The van der Waals surface area contributed by atoms with Crippen molar-refractivity contribution in [2.75, 3.05) is 26.7 Å². The fraction of sp³-hybridized carbons (Fsp3) is 0.792. The highest BCUT2D eigenvalue weighted by atomic mass is 16.2. The average Bonchev–Trinajstić information content (AvgIpc) is 3.13. The summed E-state index contributed by atoms with van der Waals surface area (Å²) in [4.78, 5) is 55.1. The fourth-order valence-corrected chi connectivity index (χ4v) is 2.10. The number of nitrogens with two attached hydrogens (primary N) is 1. The zero-order valence-electron chi connectivity index (χ0n) is 22.3. The normalized spacial score (nSPS) is 11.3. The third kappa shape index (κ3) is 29.7. The molecule has 0 bridgehead atoms. The van der Waals surface area contributed by atoms with Crippen molar-refractivity contribution in [2.24, 2.45) is 5.73 Å². The van der Waals surface area contributed by atoms with Gasteiger partial charge in [-0.25, -0.2) is 0 Å². The first-order valence-corrected chi connectivity index (χ1v) is 12.2. The number of nitrogens with zero attached hydrogens (tertiary/aromatic N) is 1. The predicted molar refractivity (Wildman–Crippen MR) is 135 cm³/mol. The number of carbonyl (C=O) groups excluding carboxylic acids is 5. The first-order chi connectivity index (χ1) is 15.7. The number of rotatable bonds is 11. The molecule has 1 saturated heterocycles. The van der Waals surface area contributed by atoms with Crippen LogP contribution < -0.4 is 16.4 Å². The molecule has 9 heteroatoms. The standard InChI is InChI=1S/C11H17NO3.C5H11N3O2.C4H10.2C2H6/c1-9(13)5-3-2-4-8-12-10(14)6-7-11(12)15;1-7-3-5(10)8-2-4(6)9;1-3-4-2;2*1-2/h2-8H2,1H3;7H,2-3H2,1H3,(H2,6,9)(H,8,10);3-4H2,1-2H3;2*1-2H3. The number of hydrogen-bond acceptors (Lipinski definition) is 6. The third-order valence-corrected chi connectivity index (χ3v) is 3.86. The summed E-state index contributed by atoms with van der Waals surface area (Å²) in [5.41, 5.74) is 4.76. The highest BCUT2D eigenvalue weighted by Crippen LogP contribution is 2.13. The molecule has 0 spiro atoms. The Morgan fingerprint density at radius 1 is 0.879 bits per heavy atom. The summed E-state index contributed by atoms with van der Waals surface area (Å²) >= 11 is 0. The molecule has 0 unspecified atom stereocenters. The number of primary amides is 1. The molecule has 0 atom stereocenters. The second-order valence-corrected chi connectivity index (χ2v) is 6.73. The van der Waals surface area contributed by atoms with Gasteiger partial charge in [0.25, 0.3) is 0 Å². The van der Waals surface area contributed by atoms with E-state index in [1.165, 1.54) is 17.7 Å². The van der Waals surface area contributed by atoms with E-state index in [2.05, 4.69) is 24.5 Å². The van der Waals surface area contributed by atoms with E-state index in [1.54, 1.807) is 14.0 Å². The SMILES string of the molecule is CC.CC.CC(=O)CCCCCN1C(=O)CCC1=O.CCCC.CNCC(=O)NCC(N)=O. The maximum absolute atomic E-state index is 11.2. The Hall–Kier alpha value is -2.29. The highest BCUT2D eigenvalue weighted by molar-refractivity contribution is 6.01. The van der Waals surface area contributed by atoms with Gasteiger partial charge in [0.05, 0.1) is 13.1 Å². The van der Waals surface area contributed by atoms with Gasteiger partial charge in [0.2, 0.25) is 23.6 Å². The van der Waals surface area contributed by atoms with Crippen LogP contribution in [0.15, 0.2) is 0 Å². The van der Waals surface area contributed by atoms with Crippen LogP contribution in [0.3, 0.4) is 0 Å². The van der Waals surface area contributed by atoms with Crippen LogP contribution >= 0.6 is 0 Å². The molecule has 0 aromatic carbocycles. The second-order valence-electron chi connectivity index (χ2n) is 6.73. The van der Waals surface area contributed by atoms with Gasteiger partial charge in [-0.2, -0.15) is 0 Å². The molecule has 1 rings (SSSR count). The first kappa shape index (κ1) is 38.0. The number of ketones is 1. The van der Waals surface area contributed by atoms with E-state index in [-0.39, 0.29) is 36.6 Å². The van der Waals surface area contributed by atoms with E-state index in [0.29, 0.717) is 25.8 Å². The Morgan fingerprint density at radius 3 is 1.73 bits per heavy atom. The predicted octanol–water partition coefficient (Wildman–Crippen LogP) is 2.95. The molecule has 4 amide bonds. The Balaban J connectivity index is -0.000000202. The molecule has 0 aromatic heterocycles. The zero-order valence-corrected chi connectivity index (χ0v) is 22.3. The van der Waals surface area contributed by atoms with Crippen LogP contribution in [0.1, 0.15) is 99.8 Å². The lowest BCUT2D eigenvalue weighted by atomic mass is 10.1. The third-order valence-electron chi connectivity index (χ3n) is 3.86. The van der Waals surface area contributed by atoms with Gasteiger partial charge in [-0.15, -0.1) is 0 Å². The first-order valence-electron chi connectivity index (χ1n) is 12.2. The van der Waals surface area contributed by atoms with Crippen LogP contribution in [-0.2, 0) is 24.0 Å². The molecule has 0 aromatic rings. The molecule has 0 saturated carbocycles. The number of unbranched alkanes of at least 4 members (excludes halogenated alkanes) is 3. The number of amides is 4. The smallest absolute Gasteiger partial charge is 0.236 e. The second kappa shape index (κ2) is 29.7. The van der Waals surface area contributed by atoms with Crippen molar-refractivity contribution in [1.82, 2.24) is 15.5 Å². The average molecular weight is 475 g/mol. The topological polar surface area (TPSA) is 139 Å². The van der Waals surface area contributed by atoms with Crippen LogP contribution in [0.4, 0.5) is 0 Å². The fourth-order valence-electron chi connectivity index (χ4n) is 2.10. The summed E-state index contributed by atoms with van der Waals surface area (Å²) in [7, 11) is 1.64. The summed E-state index contributed by atoms with van der Waals surface area (Å²) in [6.45, 7) is 14.6. The minimum atomic E-state index is -0.538. The zero-order chi connectivity index (χ0) is 26.7. The van der Waals surface area contributed by atoms with Gasteiger partial charge in [-0.05, 0) is 26.8 Å². The Morgan fingerprint density at radius 2 is 1.36 bits per heavy atom. The van der Waals surface area contributed by atoms with Crippen molar-refractivity contribution in [1.29, 1.82) is 0 Å². The number of hydrogen-bond donors (Lipinski definition) is 3. The van der Waals surface area contributed by atoms with Gasteiger partial charge >= 0.3 is 0 Å². The van der Waals surface area contributed by atoms with Crippen LogP contribution in [0.5, 0.6) is 0 Å². The number of imide groups is 1. The molecular formula is C24H50N4O5. The lowest BCUT2D eigenvalue weighted by molar-refractivity contribution is -0.138. The van der Waals surface area contributed by atoms with Crippen molar-refractivity contribution in [3.05, 3.63) is 0 Å². The van der Waals surface area contributed by atoms with Crippen molar-refractivity contribution >= 4 is 29.4 Å². The highest BCUT2D eigenvalue weighted by Gasteiger charge is 2.27. The number of carbonyl (C=O) groups is 5. The molecule has 33 heavy (non-hydrogen) atoms. The van der Waals surface area contributed by atoms with Gasteiger partial charge in [0.15, 0.2) is 0 Å². The van der Waals surface area contributed by atoms with Crippen molar-refractivity contribution < 1.29 is 24.0 Å². The Labute approximate surface area is 201 Å². The summed E-state index contributed by atoms with van der Waals surface area (Å²) in [6.07, 6.45) is 6.54. The van der Waals surface area contributed by atoms with Gasteiger partial charge in [-0.3, -0.25) is 24.1 Å². The minimum absolute atomic E-state index is 0.0495. The number of Topliss-reactive ketones (excluding diaryl/α,β-unsaturated/α-hetero) is 1. The van der Waals surface area contributed by atoms with Gasteiger partial charge in [-0.1, -0.05) is 60.8 Å². The van der Waals surface area contributed by atoms with Crippen molar-refractivity contribution in [2.45, 2.75) is 99.8 Å². The molecule has 196 valence electrons. The van der Waals surface area contributed by atoms with Crippen LogP contribution in [0.25, 0.3) is 0 Å². The van der Waals surface area contributed by atoms with Gasteiger partial charge in [0, 0.05) is 25.8 Å². The quantitative estimate of drug-likeness (QED) is 0.311. The van der Waals surface area contributed by atoms with E-state index < -0.39 is 5.91 Å². The molecule has 9 nitrogen and oxygen atoms in total. The van der Waals surface area contributed by atoms with E-state index in [9.17, 15) is 24.0 Å². The lowest BCUT2D eigenvalue weighted by Crippen LogP contribution is -2.37. The van der Waals surface area contributed by atoms with Gasteiger partial charge in [0.1, 0.15) is 5.78 Å². The van der Waals surface area contributed by atoms with E-state index in [0.717, 1.165) is 19.3 Å². The largest absolute Gasteiger partial charge is 0.368 e. The summed E-state index contributed by atoms with van der Waals surface area (Å²) in [5, 5.41) is 4.93. The van der Waals surface area contributed by atoms with Crippen LogP contribution in [-0.4, -0.2) is 61.0 Å². The monoisotopic (exact) mass is 474 g/mol. The molecule has 1 aliphatic rings. The lowest BCUT2D eigenvalue weighted by Gasteiger charge is -2.12. The molecule has 4 N–H and O–H groups in total. The van der Waals surface area contributed by atoms with Crippen molar-refractivity contribution in [3.8, 4) is 0 Å². The molecule has 0 aliphatic carbocycles. The maximum atomic E-state index is 11.2. The summed E-state index contributed by atoms with van der Waals surface area (Å²) in [5.74, 6) is -0.674. The molecule has 1 fully saturated rings. The van der Waals surface area contributed by atoms with Crippen LogP contribution in [0, 0.1) is 0 Å². The van der Waals surface area contributed by atoms with E-state index >= 15 is 0 Å². The Kier molecular flexibility index (Phi) is 34.2. The minimum Gasteiger partial charge on any atom is -0.368 e. The Bertz CT molecular complexity index is 507. The summed E-state index contributed by atoms with van der Waals surface area (Å²) in [6, 6.07) is 0. The van der Waals surface area contributed by atoms with Crippen molar-refractivity contribution in [3.63, 3.8) is 0 Å². The molecule has 1 heterocycles. The van der Waals surface area contributed by atoms with E-state index in [1.807, 2.05) is 27.7 Å². The number of nitrogens with one attached hydrogen (secondary N) is 2. The molecule has 1 aliphatic heterocycles. The van der Waals surface area contributed by atoms with E-state index in [4.69, 9.17) is 5.73 Å². The molecular weight excluding hydrogens is 424 g/mol. The maximum Gasteiger partial charge on any atom is 0.236 e. The summed E-state index contributed by atoms with van der Waals surface area (Å²) < 4.78 is 0. The number of likely N-dealkylation sites (N-methyl/N-ethyl adjacent to an activating group) is 1. The number of likely N-dealkylation sites (tertiary alicyclic amines) is 1. The van der Waals surface area contributed by atoms with Gasteiger partial charge < -0.3 is 21.2 Å². The molecule has 0 radical (unpaired) electrons. The van der Waals surface area contributed by atoms with Crippen LogP contribution in [0.2, 0.25) is 0 Å².